The summed E-state index contributed by atoms with van der Waals surface area (Å²) in [7, 11) is 0. The van der Waals surface area contributed by atoms with Crippen molar-refractivity contribution < 1.29 is 13.5 Å². The Morgan fingerprint density at radius 1 is 1.27 bits per heavy atom. The number of aromatic nitrogens is 1. The molecule has 0 aliphatic carbocycles. The molecule has 1 fully saturated rings. The zero-order valence-corrected chi connectivity index (χ0v) is 12.0. The van der Waals surface area contributed by atoms with E-state index in [1.54, 1.807) is 6.20 Å². The number of morpholine rings is 1. The molecule has 1 saturated heterocycles. The predicted molar refractivity (Wildman–Crippen MR) is 79.0 cm³/mol. The number of nitrogens with zero attached hydrogens (tertiary/aromatic N) is 2. The highest BCUT2D eigenvalue weighted by Gasteiger charge is 2.24. The number of hydrogen-bond donors (Lipinski definition) is 1. The SMILES string of the molecule is Nc1cc(CN2CCOC(c3ccc(F)cc3F)C2)ccn1. The van der Waals surface area contributed by atoms with E-state index < -0.39 is 17.7 Å². The van der Waals surface area contributed by atoms with Crippen molar-refractivity contribution >= 4 is 5.82 Å². The Kier molecular flexibility index (Phi) is 4.31. The van der Waals surface area contributed by atoms with Crippen molar-refractivity contribution in [1.82, 2.24) is 9.88 Å². The zero-order valence-electron chi connectivity index (χ0n) is 12.0. The summed E-state index contributed by atoms with van der Waals surface area (Å²) in [6.45, 7) is 2.49. The van der Waals surface area contributed by atoms with Crippen LogP contribution >= 0.6 is 0 Å². The maximum Gasteiger partial charge on any atom is 0.131 e. The third-order valence-electron chi connectivity index (χ3n) is 3.71. The fourth-order valence-electron chi connectivity index (χ4n) is 2.65. The van der Waals surface area contributed by atoms with Gasteiger partial charge in [0.05, 0.1) is 12.7 Å². The van der Waals surface area contributed by atoms with E-state index in [2.05, 4.69) is 9.88 Å². The standard InChI is InChI=1S/C16H17F2N3O/c17-12-1-2-13(14(18)8-12)15-10-21(5-6-22-15)9-11-3-4-20-16(19)7-11/h1-4,7-8,15H,5-6,9-10H2,(H2,19,20). The summed E-state index contributed by atoms with van der Waals surface area (Å²) in [6.07, 6.45) is 1.27. The van der Waals surface area contributed by atoms with Crippen LogP contribution in [0, 0.1) is 11.6 Å². The summed E-state index contributed by atoms with van der Waals surface area (Å²) >= 11 is 0. The lowest BCUT2D eigenvalue weighted by molar-refractivity contribution is -0.0345. The number of nitrogens with two attached hydrogens (primary N) is 1. The van der Waals surface area contributed by atoms with Gasteiger partial charge >= 0.3 is 0 Å². The number of rotatable bonds is 3. The van der Waals surface area contributed by atoms with Gasteiger partial charge in [0.2, 0.25) is 0 Å². The molecule has 116 valence electrons. The van der Waals surface area contributed by atoms with Crippen molar-refractivity contribution in [1.29, 1.82) is 0 Å². The second kappa shape index (κ2) is 6.37. The largest absolute Gasteiger partial charge is 0.384 e. The molecule has 3 rings (SSSR count). The predicted octanol–water partition coefficient (Wildman–Crippen LogP) is 2.52. The van der Waals surface area contributed by atoms with E-state index in [4.69, 9.17) is 10.5 Å². The summed E-state index contributed by atoms with van der Waals surface area (Å²) in [4.78, 5) is 6.12. The van der Waals surface area contributed by atoms with Crippen LogP contribution in [0.4, 0.5) is 14.6 Å². The highest BCUT2D eigenvalue weighted by Crippen LogP contribution is 2.26. The summed E-state index contributed by atoms with van der Waals surface area (Å²) in [6, 6.07) is 7.32. The minimum atomic E-state index is -0.582. The number of benzene rings is 1. The third-order valence-corrected chi connectivity index (χ3v) is 3.71. The second-order valence-electron chi connectivity index (χ2n) is 5.35. The van der Waals surface area contributed by atoms with Gasteiger partial charge in [0, 0.05) is 37.5 Å². The van der Waals surface area contributed by atoms with Gasteiger partial charge in [0.15, 0.2) is 0 Å². The van der Waals surface area contributed by atoms with Crippen molar-refractivity contribution in [2.45, 2.75) is 12.6 Å². The van der Waals surface area contributed by atoms with E-state index in [9.17, 15) is 8.78 Å². The van der Waals surface area contributed by atoms with E-state index in [-0.39, 0.29) is 0 Å². The molecule has 0 amide bonds. The van der Waals surface area contributed by atoms with Gasteiger partial charge in [-0.15, -0.1) is 0 Å². The Labute approximate surface area is 127 Å². The lowest BCUT2D eigenvalue weighted by atomic mass is 10.1. The highest BCUT2D eigenvalue weighted by molar-refractivity contribution is 5.31. The molecule has 2 aromatic rings. The van der Waals surface area contributed by atoms with E-state index in [0.29, 0.717) is 31.1 Å². The monoisotopic (exact) mass is 305 g/mol. The van der Waals surface area contributed by atoms with Crippen LogP contribution in [0.2, 0.25) is 0 Å². The van der Waals surface area contributed by atoms with Crippen LogP contribution in [-0.4, -0.2) is 29.6 Å². The Balaban J connectivity index is 1.71. The van der Waals surface area contributed by atoms with Crippen LogP contribution in [-0.2, 0) is 11.3 Å². The van der Waals surface area contributed by atoms with Crippen molar-refractivity contribution in [3.8, 4) is 0 Å². The van der Waals surface area contributed by atoms with E-state index in [1.807, 2.05) is 12.1 Å². The molecule has 1 unspecified atom stereocenters. The maximum absolute atomic E-state index is 13.9. The minimum Gasteiger partial charge on any atom is -0.384 e. The first kappa shape index (κ1) is 14.9. The fraction of sp³-hybridized carbons (Fsp3) is 0.312. The van der Waals surface area contributed by atoms with Crippen LogP contribution in [0.25, 0.3) is 0 Å². The molecule has 1 atom stereocenters. The number of ether oxygens (including phenoxy) is 1. The smallest absolute Gasteiger partial charge is 0.131 e. The number of pyridine rings is 1. The van der Waals surface area contributed by atoms with Crippen LogP contribution in [0.5, 0.6) is 0 Å². The fourth-order valence-corrected chi connectivity index (χ4v) is 2.65. The molecule has 0 bridgehead atoms. The maximum atomic E-state index is 13.9. The summed E-state index contributed by atoms with van der Waals surface area (Å²) in [5, 5.41) is 0. The molecule has 6 heteroatoms. The molecule has 0 radical (unpaired) electrons. The summed E-state index contributed by atoms with van der Waals surface area (Å²) in [5.74, 6) is -0.673. The highest BCUT2D eigenvalue weighted by atomic mass is 19.1. The quantitative estimate of drug-likeness (QED) is 0.946. The number of hydrogen-bond acceptors (Lipinski definition) is 4. The van der Waals surface area contributed by atoms with Gasteiger partial charge in [-0.1, -0.05) is 6.07 Å². The second-order valence-corrected chi connectivity index (χ2v) is 5.35. The van der Waals surface area contributed by atoms with Crippen LogP contribution < -0.4 is 5.73 Å². The third kappa shape index (κ3) is 3.40. The lowest BCUT2D eigenvalue weighted by Crippen LogP contribution is -2.38. The van der Waals surface area contributed by atoms with Crippen LogP contribution in [0.1, 0.15) is 17.2 Å². The minimum absolute atomic E-state index is 0.389. The molecule has 22 heavy (non-hydrogen) atoms. The zero-order chi connectivity index (χ0) is 15.5. The number of halogens is 2. The van der Waals surface area contributed by atoms with Gasteiger partial charge in [0.1, 0.15) is 17.5 Å². The Morgan fingerprint density at radius 2 is 2.14 bits per heavy atom. The number of nitrogen functional groups attached to an aromatic ring is 1. The first-order valence-corrected chi connectivity index (χ1v) is 7.11. The average Bonchev–Trinajstić information content (AvgIpc) is 2.47. The van der Waals surface area contributed by atoms with Crippen molar-refractivity contribution in [3.63, 3.8) is 0 Å². The Morgan fingerprint density at radius 3 is 2.91 bits per heavy atom. The molecule has 2 N–H and O–H groups in total. The first-order chi connectivity index (χ1) is 10.6. The molecular weight excluding hydrogens is 288 g/mol. The van der Waals surface area contributed by atoms with Crippen molar-refractivity contribution in [2.75, 3.05) is 25.4 Å². The van der Waals surface area contributed by atoms with Crippen LogP contribution in [0.3, 0.4) is 0 Å². The molecular formula is C16H17F2N3O. The van der Waals surface area contributed by atoms with E-state index >= 15 is 0 Å². The number of anilines is 1. The molecule has 2 heterocycles. The molecule has 0 saturated carbocycles. The molecule has 1 aliphatic heterocycles. The lowest BCUT2D eigenvalue weighted by Gasteiger charge is -2.33. The Hall–Kier alpha value is -2.05. The normalized spacial score (nSPS) is 19.3. The molecule has 0 spiro atoms. The Bertz CT molecular complexity index is 666. The van der Waals surface area contributed by atoms with Gasteiger partial charge in [-0.2, -0.15) is 0 Å². The van der Waals surface area contributed by atoms with Gasteiger partial charge in [-0.25, -0.2) is 13.8 Å². The van der Waals surface area contributed by atoms with Gasteiger partial charge in [-0.3, -0.25) is 4.90 Å². The summed E-state index contributed by atoms with van der Waals surface area (Å²) in [5.41, 5.74) is 7.11. The molecule has 4 nitrogen and oxygen atoms in total. The van der Waals surface area contributed by atoms with Gasteiger partial charge < -0.3 is 10.5 Å². The van der Waals surface area contributed by atoms with E-state index in [1.165, 1.54) is 12.1 Å². The summed E-state index contributed by atoms with van der Waals surface area (Å²) < 4.78 is 32.5. The average molecular weight is 305 g/mol. The molecule has 1 aliphatic rings. The molecule has 1 aromatic carbocycles. The van der Waals surface area contributed by atoms with E-state index in [0.717, 1.165) is 18.2 Å². The van der Waals surface area contributed by atoms with Crippen molar-refractivity contribution in [3.05, 3.63) is 59.3 Å². The topological polar surface area (TPSA) is 51.4 Å². The first-order valence-electron chi connectivity index (χ1n) is 7.11. The molecule has 1 aromatic heterocycles. The van der Waals surface area contributed by atoms with Gasteiger partial charge in [-0.05, 0) is 23.8 Å². The van der Waals surface area contributed by atoms with Crippen LogP contribution in [0.15, 0.2) is 36.5 Å². The van der Waals surface area contributed by atoms with Gasteiger partial charge in [0.25, 0.3) is 0 Å². The van der Waals surface area contributed by atoms with Crippen molar-refractivity contribution in [2.24, 2.45) is 0 Å².